The lowest BCUT2D eigenvalue weighted by Crippen LogP contribution is -2.26. The Kier molecular flexibility index (Phi) is 8.33. The summed E-state index contributed by atoms with van der Waals surface area (Å²) in [7, 11) is 0. The Morgan fingerprint density at radius 3 is 2.53 bits per heavy atom. The summed E-state index contributed by atoms with van der Waals surface area (Å²) in [4.78, 5) is 29.2. The maximum atomic E-state index is 12.4. The molecule has 0 saturated heterocycles. The largest absolute Gasteiger partial charge is 0.459 e. The first-order valence-corrected chi connectivity index (χ1v) is 11.9. The predicted molar refractivity (Wildman–Crippen MR) is 129 cm³/mol. The first-order valence-electron chi connectivity index (χ1n) is 10.9. The molecule has 0 saturated carbocycles. The first kappa shape index (κ1) is 23.9. The van der Waals surface area contributed by atoms with Crippen molar-refractivity contribution < 1.29 is 14.3 Å². The van der Waals surface area contributed by atoms with Crippen molar-refractivity contribution in [1.82, 2.24) is 14.9 Å². The van der Waals surface area contributed by atoms with Crippen molar-refractivity contribution in [2.24, 2.45) is 0 Å². The smallest absolute Gasteiger partial charge is 0.326 e. The molecule has 0 atom stereocenters. The van der Waals surface area contributed by atoms with Crippen LogP contribution in [0.25, 0.3) is 11.0 Å². The standard InChI is InChI=1S/C25H31N3O3S/c1-25(2,3)31-23(30)18-28-21-13-8-7-12-20(21)27-24(28)32-17-9-16-26-22(29)15-14-19-10-5-4-6-11-19/h4-8,10-13H,9,14-18H2,1-3H3,(H,26,29). The molecule has 170 valence electrons. The van der Waals surface area contributed by atoms with E-state index in [1.54, 1.807) is 11.8 Å². The summed E-state index contributed by atoms with van der Waals surface area (Å²) in [6.45, 7) is 6.32. The fourth-order valence-electron chi connectivity index (χ4n) is 3.27. The van der Waals surface area contributed by atoms with Crippen molar-refractivity contribution >= 4 is 34.7 Å². The van der Waals surface area contributed by atoms with E-state index in [1.807, 2.05) is 79.9 Å². The second-order valence-electron chi connectivity index (χ2n) is 8.59. The van der Waals surface area contributed by atoms with Gasteiger partial charge in [-0.2, -0.15) is 0 Å². The highest BCUT2D eigenvalue weighted by Gasteiger charge is 2.19. The van der Waals surface area contributed by atoms with Crippen LogP contribution in [0.1, 0.15) is 39.2 Å². The van der Waals surface area contributed by atoms with Gasteiger partial charge in [-0.05, 0) is 51.3 Å². The summed E-state index contributed by atoms with van der Waals surface area (Å²) >= 11 is 1.59. The summed E-state index contributed by atoms with van der Waals surface area (Å²) in [5.74, 6) is 0.570. The van der Waals surface area contributed by atoms with Gasteiger partial charge in [0, 0.05) is 18.7 Å². The van der Waals surface area contributed by atoms with E-state index in [9.17, 15) is 9.59 Å². The Morgan fingerprint density at radius 1 is 1.06 bits per heavy atom. The summed E-state index contributed by atoms with van der Waals surface area (Å²) in [5.41, 5.74) is 2.41. The van der Waals surface area contributed by atoms with E-state index in [0.29, 0.717) is 13.0 Å². The molecule has 0 bridgehead atoms. The summed E-state index contributed by atoms with van der Waals surface area (Å²) in [5, 5.41) is 3.77. The van der Waals surface area contributed by atoms with E-state index in [2.05, 4.69) is 10.3 Å². The molecular weight excluding hydrogens is 422 g/mol. The minimum Gasteiger partial charge on any atom is -0.459 e. The zero-order chi connectivity index (χ0) is 23.0. The molecule has 0 aliphatic heterocycles. The molecule has 7 heteroatoms. The molecule has 3 rings (SSSR count). The maximum Gasteiger partial charge on any atom is 0.326 e. The SMILES string of the molecule is CC(C)(C)OC(=O)Cn1c(SCCCNC(=O)CCc2ccccc2)nc2ccccc21. The predicted octanol–water partition coefficient (Wildman–Crippen LogP) is 4.61. The van der Waals surface area contributed by atoms with Gasteiger partial charge in [-0.25, -0.2) is 4.98 Å². The van der Waals surface area contributed by atoms with Crippen molar-refractivity contribution in [1.29, 1.82) is 0 Å². The van der Waals surface area contributed by atoms with Crippen LogP contribution in [0, 0.1) is 0 Å². The average molecular weight is 454 g/mol. The highest BCUT2D eigenvalue weighted by molar-refractivity contribution is 7.99. The number of hydrogen-bond acceptors (Lipinski definition) is 5. The number of imidazole rings is 1. The van der Waals surface area contributed by atoms with Gasteiger partial charge >= 0.3 is 5.97 Å². The minimum atomic E-state index is -0.528. The Hall–Kier alpha value is -2.80. The van der Waals surface area contributed by atoms with Crippen LogP contribution in [0.4, 0.5) is 0 Å². The Bertz CT molecular complexity index is 1040. The number of carbonyl (C=O) groups is 2. The number of aromatic nitrogens is 2. The van der Waals surface area contributed by atoms with Crippen LogP contribution >= 0.6 is 11.8 Å². The molecule has 0 unspecified atom stereocenters. The Balaban J connectivity index is 1.49. The normalized spacial score (nSPS) is 11.5. The number of ether oxygens (including phenoxy) is 1. The van der Waals surface area contributed by atoms with Gasteiger partial charge in [-0.15, -0.1) is 0 Å². The van der Waals surface area contributed by atoms with E-state index in [0.717, 1.165) is 34.8 Å². The zero-order valence-electron chi connectivity index (χ0n) is 19.0. The number of esters is 1. The van der Waals surface area contributed by atoms with E-state index >= 15 is 0 Å². The lowest BCUT2D eigenvalue weighted by molar-refractivity contribution is -0.155. The summed E-state index contributed by atoms with van der Waals surface area (Å²) in [6.07, 6.45) is 2.05. The topological polar surface area (TPSA) is 73.2 Å². The number of fused-ring (bicyclic) bond motifs is 1. The van der Waals surface area contributed by atoms with Crippen LogP contribution in [-0.2, 0) is 27.3 Å². The molecule has 1 aromatic heterocycles. The summed E-state index contributed by atoms with van der Waals surface area (Å²) in [6, 6.07) is 17.8. The van der Waals surface area contributed by atoms with Gasteiger partial charge < -0.3 is 14.6 Å². The van der Waals surface area contributed by atoms with Gasteiger partial charge in [-0.1, -0.05) is 54.2 Å². The van der Waals surface area contributed by atoms with Crippen molar-refractivity contribution in [2.75, 3.05) is 12.3 Å². The first-order chi connectivity index (χ1) is 15.3. The number of rotatable bonds is 10. The third-order valence-corrected chi connectivity index (χ3v) is 5.75. The number of benzene rings is 2. The molecule has 6 nitrogen and oxygen atoms in total. The number of nitrogens with zero attached hydrogens (tertiary/aromatic N) is 2. The van der Waals surface area contributed by atoms with Crippen LogP contribution in [0.3, 0.4) is 0 Å². The lowest BCUT2D eigenvalue weighted by atomic mass is 10.1. The van der Waals surface area contributed by atoms with Gasteiger partial charge in [0.1, 0.15) is 12.1 Å². The monoisotopic (exact) mass is 453 g/mol. The molecule has 0 radical (unpaired) electrons. The van der Waals surface area contributed by atoms with Crippen molar-refractivity contribution in [2.45, 2.75) is 57.3 Å². The van der Waals surface area contributed by atoms with Crippen LogP contribution in [0.5, 0.6) is 0 Å². The molecule has 1 heterocycles. The van der Waals surface area contributed by atoms with Crippen molar-refractivity contribution in [3.63, 3.8) is 0 Å². The molecule has 0 aliphatic rings. The molecule has 32 heavy (non-hydrogen) atoms. The van der Waals surface area contributed by atoms with Crippen LogP contribution < -0.4 is 5.32 Å². The number of carbonyl (C=O) groups excluding carboxylic acids is 2. The zero-order valence-corrected chi connectivity index (χ0v) is 19.8. The Labute approximate surface area is 193 Å². The maximum absolute atomic E-state index is 12.4. The van der Waals surface area contributed by atoms with Crippen molar-refractivity contribution in [3.8, 4) is 0 Å². The van der Waals surface area contributed by atoms with Gasteiger partial charge in [0.2, 0.25) is 5.91 Å². The minimum absolute atomic E-state index is 0.0658. The van der Waals surface area contributed by atoms with Gasteiger partial charge in [0.15, 0.2) is 5.16 Å². The lowest BCUT2D eigenvalue weighted by Gasteiger charge is -2.20. The molecule has 1 amide bonds. The fraction of sp³-hybridized carbons (Fsp3) is 0.400. The quantitative estimate of drug-likeness (QED) is 0.276. The van der Waals surface area contributed by atoms with E-state index in [-0.39, 0.29) is 18.4 Å². The van der Waals surface area contributed by atoms with E-state index in [1.165, 1.54) is 5.56 Å². The summed E-state index contributed by atoms with van der Waals surface area (Å²) < 4.78 is 7.40. The second kappa shape index (κ2) is 11.2. The van der Waals surface area contributed by atoms with Crippen molar-refractivity contribution in [3.05, 3.63) is 60.2 Å². The molecule has 3 aromatic rings. The van der Waals surface area contributed by atoms with E-state index in [4.69, 9.17) is 4.74 Å². The molecular formula is C25H31N3O3S. The highest BCUT2D eigenvalue weighted by Crippen LogP contribution is 2.25. The number of nitrogens with one attached hydrogen (secondary N) is 1. The number of amides is 1. The third kappa shape index (κ3) is 7.41. The van der Waals surface area contributed by atoms with Gasteiger partial charge in [-0.3, -0.25) is 9.59 Å². The third-order valence-electron chi connectivity index (χ3n) is 4.68. The molecule has 1 N–H and O–H groups in total. The number of thioether (sulfide) groups is 1. The van der Waals surface area contributed by atoms with Crippen LogP contribution in [0.2, 0.25) is 0 Å². The highest BCUT2D eigenvalue weighted by atomic mass is 32.2. The number of hydrogen-bond donors (Lipinski definition) is 1. The Morgan fingerprint density at radius 2 is 1.78 bits per heavy atom. The fourth-order valence-corrected chi connectivity index (χ4v) is 4.23. The van der Waals surface area contributed by atoms with Crippen LogP contribution in [0.15, 0.2) is 59.8 Å². The van der Waals surface area contributed by atoms with Gasteiger partial charge in [0.25, 0.3) is 0 Å². The number of para-hydroxylation sites is 2. The van der Waals surface area contributed by atoms with E-state index < -0.39 is 5.60 Å². The molecule has 0 fully saturated rings. The second-order valence-corrected chi connectivity index (χ2v) is 9.66. The van der Waals surface area contributed by atoms with Gasteiger partial charge in [0.05, 0.1) is 11.0 Å². The molecule has 0 spiro atoms. The molecule has 2 aromatic carbocycles. The van der Waals surface area contributed by atoms with Crippen LogP contribution in [-0.4, -0.2) is 39.3 Å². The average Bonchev–Trinajstić information content (AvgIpc) is 3.08. The molecule has 0 aliphatic carbocycles. The number of aryl methyl sites for hydroxylation is 1.